The van der Waals surface area contributed by atoms with E-state index in [1.54, 1.807) is 6.07 Å². The molecule has 3 heteroatoms. The fourth-order valence-corrected chi connectivity index (χ4v) is 2.42. The summed E-state index contributed by atoms with van der Waals surface area (Å²) < 4.78 is 13.1. The largest absolute Gasteiger partial charge is 0.294 e. The number of rotatable bonds is 3. The van der Waals surface area contributed by atoms with E-state index in [4.69, 9.17) is 0 Å². The van der Waals surface area contributed by atoms with E-state index in [1.807, 2.05) is 30.3 Å². The van der Waals surface area contributed by atoms with Gasteiger partial charge in [0.15, 0.2) is 5.78 Å². The highest BCUT2D eigenvalue weighted by Gasteiger charge is 2.18. The number of ketones is 1. The van der Waals surface area contributed by atoms with Gasteiger partial charge in [-0.25, -0.2) is 4.39 Å². The Bertz CT molecular complexity index is 691. The molecule has 1 heterocycles. The van der Waals surface area contributed by atoms with E-state index < -0.39 is 0 Å². The molecule has 0 amide bonds. The predicted octanol–water partition coefficient (Wildman–Crippen LogP) is 4.12. The first-order valence-corrected chi connectivity index (χ1v) is 6.65. The number of aliphatic imine (C=N–C) groups is 1. The third kappa shape index (κ3) is 2.67. The molecule has 0 saturated carbocycles. The molecule has 0 unspecified atom stereocenters. The Morgan fingerprint density at radius 3 is 2.75 bits per heavy atom. The van der Waals surface area contributed by atoms with E-state index in [0.29, 0.717) is 24.8 Å². The Hall–Kier alpha value is -2.29. The molecule has 20 heavy (non-hydrogen) atoms. The maximum absolute atomic E-state index is 13.1. The molecule has 2 aromatic rings. The number of hydrogen-bond donors (Lipinski definition) is 0. The number of benzene rings is 2. The first-order valence-electron chi connectivity index (χ1n) is 6.65. The highest BCUT2D eigenvalue weighted by atomic mass is 19.1. The van der Waals surface area contributed by atoms with Gasteiger partial charge in [-0.3, -0.25) is 9.79 Å². The molecule has 3 rings (SSSR count). The van der Waals surface area contributed by atoms with Gasteiger partial charge in [0, 0.05) is 17.7 Å². The highest BCUT2D eigenvalue weighted by molar-refractivity contribution is 6.15. The number of fused-ring (bicyclic) bond motifs is 1. The second-order valence-corrected chi connectivity index (χ2v) is 4.93. The van der Waals surface area contributed by atoms with Crippen LogP contribution in [0.2, 0.25) is 0 Å². The summed E-state index contributed by atoms with van der Waals surface area (Å²) in [5.41, 5.74) is 3.25. The number of carbonyl (C=O) groups excluding carboxylic acids is 1. The van der Waals surface area contributed by atoms with Crippen LogP contribution in [-0.4, -0.2) is 11.5 Å². The highest BCUT2D eigenvalue weighted by Crippen LogP contribution is 2.26. The van der Waals surface area contributed by atoms with Crippen LogP contribution >= 0.6 is 0 Å². The Labute approximate surface area is 117 Å². The summed E-state index contributed by atoms with van der Waals surface area (Å²) in [4.78, 5) is 16.6. The van der Waals surface area contributed by atoms with Crippen molar-refractivity contribution in [2.24, 2.45) is 4.99 Å². The normalized spacial score (nSPS) is 13.8. The third-order valence-corrected chi connectivity index (χ3v) is 3.44. The first kappa shape index (κ1) is 12.7. The van der Waals surface area contributed by atoms with Gasteiger partial charge in [-0.2, -0.15) is 0 Å². The van der Waals surface area contributed by atoms with Gasteiger partial charge in [0.05, 0.1) is 5.69 Å². The number of para-hydroxylation sites is 1. The standard InChI is InChI=1S/C17H14FNO/c18-13-5-3-4-12(10-13)8-9-14-11-17(20)15-6-1-2-7-16(15)19-14/h1-7,10H,8-9,11H2. The van der Waals surface area contributed by atoms with Crippen LogP contribution in [0.15, 0.2) is 53.5 Å². The Morgan fingerprint density at radius 2 is 1.90 bits per heavy atom. The SMILES string of the molecule is O=C1CC(CCc2cccc(F)c2)=Nc2ccccc21. The van der Waals surface area contributed by atoms with Crippen molar-refractivity contribution in [2.75, 3.05) is 0 Å². The quantitative estimate of drug-likeness (QED) is 0.822. The van der Waals surface area contributed by atoms with E-state index in [1.165, 1.54) is 12.1 Å². The molecular weight excluding hydrogens is 253 g/mol. The fourth-order valence-electron chi connectivity index (χ4n) is 2.42. The van der Waals surface area contributed by atoms with E-state index in [9.17, 15) is 9.18 Å². The van der Waals surface area contributed by atoms with E-state index in [2.05, 4.69) is 4.99 Å². The van der Waals surface area contributed by atoms with Crippen molar-refractivity contribution in [3.63, 3.8) is 0 Å². The zero-order chi connectivity index (χ0) is 13.9. The second-order valence-electron chi connectivity index (χ2n) is 4.93. The molecule has 0 fully saturated rings. The van der Waals surface area contributed by atoms with Crippen LogP contribution in [0.3, 0.4) is 0 Å². The summed E-state index contributed by atoms with van der Waals surface area (Å²) in [6.45, 7) is 0. The smallest absolute Gasteiger partial charge is 0.170 e. The number of halogens is 1. The van der Waals surface area contributed by atoms with Crippen molar-refractivity contribution < 1.29 is 9.18 Å². The van der Waals surface area contributed by atoms with Crippen LogP contribution in [0.25, 0.3) is 0 Å². The van der Waals surface area contributed by atoms with Gasteiger partial charge in [-0.05, 0) is 42.7 Å². The molecular formula is C17H14FNO. The monoisotopic (exact) mass is 267 g/mol. The second kappa shape index (κ2) is 5.37. The summed E-state index contributed by atoms with van der Waals surface area (Å²) in [5.74, 6) is -0.112. The van der Waals surface area contributed by atoms with Crippen LogP contribution in [0.4, 0.5) is 10.1 Å². The van der Waals surface area contributed by atoms with Crippen molar-refractivity contribution in [1.29, 1.82) is 0 Å². The van der Waals surface area contributed by atoms with Crippen molar-refractivity contribution in [1.82, 2.24) is 0 Å². The average molecular weight is 267 g/mol. The molecule has 0 aromatic heterocycles. The lowest BCUT2D eigenvalue weighted by Gasteiger charge is -2.14. The van der Waals surface area contributed by atoms with E-state index >= 15 is 0 Å². The molecule has 0 atom stereocenters. The van der Waals surface area contributed by atoms with Crippen molar-refractivity contribution in [2.45, 2.75) is 19.3 Å². The molecule has 0 bridgehead atoms. The zero-order valence-electron chi connectivity index (χ0n) is 11.0. The Kier molecular flexibility index (Phi) is 3.42. The number of carbonyl (C=O) groups is 1. The first-order chi connectivity index (χ1) is 9.72. The lowest BCUT2D eigenvalue weighted by atomic mass is 9.96. The predicted molar refractivity (Wildman–Crippen MR) is 77.2 cm³/mol. The summed E-state index contributed by atoms with van der Waals surface area (Å²) in [6, 6.07) is 13.9. The number of hydrogen-bond acceptors (Lipinski definition) is 2. The third-order valence-electron chi connectivity index (χ3n) is 3.44. The van der Waals surface area contributed by atoms with Crippen LogP contribution in [-0.2, 0) is 6.42 Å². The molecule has 0 spiro atoms. The van der Waals surface area contributed by atoms with Crippen molar-refractivity contribution in [3.05, 3.63) is 65.5 Å². The zero-order valence-corrected chi connectivity index (χ0v) is 11.0. The molecule has 1 aliphatic rings. The molecule has 0 aliphatic carbocycles. The molecule has 0 saturated heterocycles. The lowest BCUT2D eigenvalue weighted by Crippen LogP contribution is -2.13. The average Bonchev–Trinajstić information content (AvgIpc) is 2.45. The topological polar surface area (TPSA) is 29.4 Å². The molecule has 2 nitrogen and oxygen atoms in total. The maximum atomic E-state index is 13.1. The molecule has 1 aliphatic heterocycles. The number of Topliss-reactive ketones (excluding diaryl/α,β-unsaturated/α-hetero) is 1. The fraction of sp³-hybridized carbons (Fsp3) is 0.176. The molecule has 0 radical (unpaired) electrons. The minimum Gasteiger partial charge on any atom is -0.294 e. The molecule has 0 N–H and O–H groups in total. The Balaban J connectivity index is 1.76. The van der Waals surface area contributed by atoms with Crippen molar-refractivity contribution >= 4 is 17.2 Å². The van der Waals surface area contributed by atoms with Crippen molar-refractivity contribution in [3.8, 4) is 0 Å². The van der Waals surface area contributed by atoms with Crippen LogP contribution in [0.5, 0.6) is 0 Å². The van der Waals surface area contributed by atoms with E-state index in [-0.39, 0.29) is 11.6 Å². The maximum Gasteiger partial charge on any atom is 0.170 e. The lowest BCUT2D eigenvalue weighted by molar-refractivity contribution is 0.0999. The van der Waals surface area contributed by atoms with Gasteiger partial charge in [0.2, 0.25) is 0 Å². The van der Waals surface area contributed by atoms with Gasteiger partial charge in [-0.1, -0.05) is 24.3 Å². The van der Waals surface area contributed by atoms with Gasteiger partial charge in [0.25, 0.3) is 0 Å². The summed E-state index contributed by atoms with van der Waals surface area (Å²) >= 11 is 0. The van der Waals surface area contributed by atoms with E-state index in [0.717, 1.165) is 17.0 Å². The molecule has 2 aromatic carbocycles. The summed E-state index contributed by atoms with van der Waals surface area (Å²) in [7, 11) is 0. The Morgan fingerprint density at radius 1 is 1.05 bits per heavy atom. The number of aryl methyl sites for hydroxylation is 1. The van der Waals surface area contributed by atoms with Crippen LogP contribution in [0.1, 0.15) is 28.8 Å². The summed E-state index contributed by atoms with van der Waals surface area (Å²) in [6.07, 6.45) is 1.75. The molecule has 100 valence electrons. The van der Waals surface area contributed by atoms with Crippen LogP contribution in [0, 0.1) is 5.82 Å². The summed E-state index contributed by atoms with van der Waals surface area (Å²) in [5, 5.41) is 0. The van der Waals surface area contributed by atoms with Crippen LogP contribution < -0.4 is 0 Å². The minimum absolute atomic E-state index is 0.116. The van der Waals surface area contributed by atoms with Gasteiger partial charge < -0.3 is 0 Å². The number of nitrogens with zero attached hydrogens (tertiary/aromatic N) is 1. The van der Waals surface area contributed by atoms with Gasteiger partial charge >= 0.3 is 0 Å². The minimum atomic E-state index is -0.227. The van der Waals surface area contributed by atoms with Gasteiger partial charge in [0.1, 0.15) is 5.82 Å². The van der Waals surface area contributed by atoms with Gasteiger partial charge in [-0.15, -0.1) is 0 Å².